The molecule has 0 saturated carbocycles. The molecule has 0 aliphatic carbocycles. The number of piperidine rings is 1. The third kappa shape index (κ3) is 5.11. The lowest BCUT2D eigenvalue weighted by Crippen LogP contribution is -2.41. The zero-order valence-corrected chi connectivity index (χ0v) is 12.8. The predicted octanol–water partition coefficient (Wildman–Crippen LogP) is 1.02. The van der Waals surface area contributed by atoms with E-state index in [-0.39, 0.29) is 30.1 Å². The highest BCUT2D eigenvalue weighted by atomic mass is 35.5. The second-order valence-electron chi connectivity index (χ2n) is 4.55. The fraction of sp³-hybridized carbons (Fsp3) is 0.538. The van der Waals surface area contributed by atoms with Gasteiger partial charge in [0, 0.05) is 19.0 Å². The molecule has 0 spiro atoms. The van der Waals surface area contributed by atoms with Crippen LogP contribution in [0.5, 0.6) is 0 Å². The van der Waals surface area contributed by atoms with Gasteiger partial charge in [0.15, 0.2) is 0 Å². The Morgan fingerprint density at radius 1 is 1.25 bits per heavy atom. The van der Waals surface area contributed by atoms with Gasteiger partial charge in [-0.3, -0.25) is 9.59 Å². The van der Waals surface area contributed by atoms with Crippen molar-refractivity contribution in [1.82, 2.24) is 16.0 Å². The van der Waals surface area contributed by atoms with Gasteiger partial charge in [-0.1, -0.05) is 6.07 Å². The standard InChI is InChI=1S/C13H19N3O2S.ClH/c17-12(10-3-5-14-6-4-10)15-7-8-16-13(18)11-2-1-9-19-11;/h1-2,9-10,14H,3-8H2,(H,15,17)(H,16,18);1H. The highest BCUT2D eigenvalue weighted by Gasteiger charge is 2.20. The van der Waals surface area contributed by atoms with Crippen LogP contribution < -0.4 is 16.0 Å². The van der Waals surface area contributed by atoms with Crippen molar-refractivity contribution in [2.45, 2.75) is 12.8 Å². The minimum Gasteiger partial charge on any atom is -0.354 e. The summed E-state index contributed by atoms with van der Waals surface area (Å²) in [5, 5.41) is 10.8. The molecule has 1 fully saturated rings. The first kappa shape index (κ1) is 16.9. The fourth-order valence-electron chi connectivity index (χ4n) is 2.09. The molecule has 0 bridgehead atoms. The second kappa shape index (κ2) is 8.94. The van der Waals surface area contributed by atoms with Gasteiger partial charge >= 0.3 is 0 Å². The number of halogens is 1. The summed E-state index contributed by atoms with van der Waals surface area (Å²) in [7, 11) is 0. The summed E-state index contributed by atoms with van der Waals surface area (Å²) in [5.74, 6) is 0.146. The third-order valence-electron chi connectivity index (χ3n) is 3.16. The molecule has 0 atom stereocenters. The molecule has 0 aromatic carbocycles. The molecule has 0 radical (unpaired) electrons. The van der Waals surface area contributed by atoms with Crippen LogP contribution in [0.15, 0.2) is 17.5 Å². The van der Waals surface area contributed by atoms with E-state index in [1.54, 1.807) is 6.07 Å². The van der Waals surface area contributed by atoms with Crippen molar-refractivity contribution in [3.8, 4) is 0 Å². The van der Waals surface area contributed by atoms with Crippen LogP contribution in [0.4, 0.5) is 0 Å². The van der Waals surface area contributed by atoms with Gasteiger partial charge in [-0.25, -0.2) is 0 Å². The molecule has 5 nitrogen and oxygen atoms in total. The van der Waals surface area contributed by atoms with Crippen molar-refractivity contribution >= 4 is 35.6 Å². The summed E-state index contributed by atoms with van der Waals surface area (Å²) in [6.07, 6.45) is 1.79. The van der Waals surface area contributed by atoms with E-state index in [0.717, 1.165) is 25.9 Å². The Bertz CT molecular complexity index is 419. The molecule has 1 aliphatic heterocycles. The van der Waals surface area contributed by atoms with Gasteiger partial charge in [0.05, 0.1) is 4.88 Å². The lowest BCUT2D eigenvalue weighted by molar-refractivity contribution is -0.125. The molecule has 1 aromatic rings. The predicted molar refractivity (Wildman–Crippen MR) is 82.5 cm³/mol. The molecular formula is C13H20ClN3O2S. The summed E-state index contributed by atoms with van der Waals surface area (Å²) >= 11 is 1.41. The monoisotopic (exact) mass is 317 g/mol. The van der Waals surface area contributed by atoms with Crippen molar-refractivity contribution < 1.29 is 9.59 Å². The highest BCUT2D eigenvalue weighted by Crippen LogP contribution is 2.11. The number of hydrogen-bond acceptors (Lipinski definition) is 4. The summed E-state index contributed by atoms with van der Waals surface area (Å²) in [4.78, 5) is 24.2. The SMILES string of the molecule is Cl.O=C(NCCNC(=O)C1CCNCC1)c1cccs1. The van der Waals surface area contributed by atoms with Crippen molar-refractivity contribution in [1.29, 1.82) is 0 Å². The van der Waals surface area contributed by atoms with E-state index in [9.17, 15) is 9.59 Å². The largest absolute Gasteiger partial charge is 0.354 e. The van der Waals surface area contributed by atoms with Gasteiger partial charge in [0.1, 0.15) is 0 Å². The molecule has 7 heteroatoms. The number of rotatable bonds is 5. The number of thiophene rings is 1. The average molecular weight is 318 g/mol. The number of nitrogens with one attached hydrogen (secondary N) is 3. The fourth-order valence-corrected chi connectivity index (χ4v) is 2.73. The second-order valence-corrected chi connectivity index (χ2v) is 5.50. The van der Waals surface area contributed by atoms with Crippen molar-refractivity contribution in [2.75, 3.05) is 26.2 Å². The number of carbonyl (C=O) groups excluding carboxylic acids is 2. The first-order chi connectivity index (χ1) is 9.27. The highest BCUT2D eigenvalue weighted by molar-refractivity contribution is 7.12. The van der Waals surface area contributed by atoms with Crippen molar-refractivity contribution in [3.63, 3.8) is 0 Å². The Morgan fingerprint density at radius 3 is 2.60 bits per heavy atom. The quantitative estimate of drug-likeness (QED) is 0.710. The van der Waals surface area contributed by atoms with E-state index >= 15 is 0 Å². The molecule has 2 rings (SSSR count). The molecule has 1 saturated heterocycles. The van der Waals surface area contributed by atoms with Gasteiger partial charge in [0.2, 0.25) is 5.91 Å². The van der Waals surface area contributed by atoms with Crippen LogP contribution in [0.25, 0.3) is 0 Å². The van der Waals surface area contributed by atoms with Crippen LogP contribution in [0.2, 0.25) is 0 Å². The van der Waals surface area contributed by atoms with E-state index in [4.69, 9.17) is 0 Å². The lowest BCUT2D eigenvalue weighted by atomic mass is 9.97. The Labute approximate surface area is 128 Å². The maximum atomic E-state index is 11.8. The summed E-state index contributed by atoms with van der Waals surface area (Å²) in [6.45, 7) is 2.77. The summed E-state index contributed by atoms with van der Waals surface area (Å²) < 4.78 is 0. The summed E-state index contributed by atoms with van der Waals surface area (Å²) in [6, 6.07) is 3.63. The first-order valence-electron chi connectivity index (χ1n) is 6.57. The van der Waals surface area contributed by atoms with Gasteiger partial charge in [-0.15, -0.1) is 23.7 Å². The molecular weight excluding hydrogens is 298 g/mol. The molecule has 112 valence electrons. The van der Waals surface area contributed by atoms with E-state index in [1.807, 2.05) is 11.4 Å². The Hall–Kier alpha value is -1.11. The maximum absolute atomic E-state index is 11.8. The molecule has 1 aromatic heterocycles. The van der Waals surface area contributed by atoms with Crippen LogP contribution in [0.3, 0.4) is 0 Å². The van der Waals surface area contributed by atoms with Gasteiger partial charge in [-0.05, 0) is 37.4 Å². The normalized spacial score (nSPS) is 15.2. The average Bonchev–Trinajstić information content (AvgIpc) is 2.98. The zero-order valence-electron chi connectivity index (χ0n) is 11.2. The number of carbonyl (C=O) groups is 2. The topological polar surface area (TPSA) is 70.2 Å². The Balaban J connectivity index is 0.00000200. The lowest BCUT2D eigenvalue weighted by Gasteiger charge is -2.21. The smallest absolute Gasteiger partial charge is 0.261 e. The maximum Gasteiger partial charge on any atom is 0.261 e. The molecule has 20 heavy (non-hydrogen) atoms. The van der Waals surface area contributed by atoms with Gasteiger partial charge in [-0.2, -0.15) is 0 Å². The van der Waals surface area contributed by atoms with Crippen LogP contribution in [0, 0.1) is 5.92 Å². The minimum absolute atomic E-state index is 0. The van der Waals surface area contributed by atoms with E-state index in [0.29, 0.717) is 18.0 Å². The zero-order chi connectivity index (χ0) is 13.5. The van der Waals surface area contributed by atoms with Crippen LogP contribution in [0.1, 0.15) is 22.5 Å². The van der Waals surface area contributed by atoms with Crippen LogP contribution in [-0.4, -0.2) is 38.0 Å². The van der Waals surface area contributed by atoms with Crippen molar-refractivity contribution in [3.05, 3.63) is 22.4 Å². The number of hydrogen-bond donors (Lipinski definition) is 3. The summed E-state index contributed by atoms with van der Waals surface area (Å²) in [5.41, 5.74) is 0. The van der Waals surface area contributed by atoms with E-state index < -0.39 is 0 Å². The van der Waals surface area contributed by atoms with Crippen LogP contribution in [-0.2, 0) is 4.79 Å². The third-order valence-corrected chi connectivity index (χ3v) is 4.03. The van der Waals surface area contributed by atoms with Gasteiger partial charge < -0.3 is 16.0 Å². The molecule has 2 amide bonds. The molecule has 2 heterocycles. The first-order valence-corrected chi connectivity index (χ1v) is 7.45. The minimum atomic E-state index is -0.0777. The van der Waals surface area contributed by atoms with Crippen LogP contribution >= 0.6 is 23.7 Å². The Morgan fingerprint density at radius 2 is 1.95 bits per heavy atom. The van der Waals surface area contributed by atoms with Gasteiger partial charge in [0.25, 0.3) is 5.91 Å². The molecule has 0 unspecified atom stereocenters. The van der Waals surface area contributed by atoms with E-state index in [2.05, 4.69) is 16.0 Å². The Kier molecular flexibility index (Phi) is 7.58. The van der Waals surface area contributed by atoms with E-state index in [1.165, 1.54) is 11.3 Å². The van der Waals surface area contributed by atoms with Crippen molar-refractivity contribution in [2.24, 2.45) is 5.92 Å². The number of amides is 2. The molecule has 3 N–H and O–H groups in total. The molecule has 1 aliphatic rings.